The number of aryl methyl sites for hydroxylation is 1. The third-order valence-corrected chi connectivity index (χ3v) is 4.78. The van der Waals surface area contributed by atoms with Gasteiger partial charge in [0, 0.05) is 20.1 Å². The average molecular weight is 420 g/mol. The number of halogens is 1. The average Bonchev–Trinajstić information content (AvgIpc) is 2.96. The molecular weight excluding hydrogens is 394 g/mol. The number of rotatable bonds is 0. The molecule has 1 aliphatic heterocycles. The molecule has 0 aliphatic carbocycles. The summed E-state index contributed by atoms with van der Waals surface area (Å²) in [4.78, 5) is 35.9. The fourth-order valence-electron chi connectivity index (χ4n) is 3.11. The van der Waals surface area contributed by atoms with Crippen LogP contribution in [-0.2, 0) is 11.8 Å². The number of H-pyrrole nitrogens is 1. The predicted octanol–water partition coefficient (Wildman–Crippen LogP) is 3.87. The molecule has 0 unspecified atom stereocenters. The lowest BCUT2D eigenvalue weighted by atomic mass is 10.1. The first-order valence-electron chi connectivity index (χ1n) is 9.63. The standard InChI is InChI=1S/C10H7ClN4O.C10H19NO2/c1-15-6-4-12-5-2-3-7(11)13-8(5)9(6)14-10(15)16;1-10(2,3)13-9(12)11-7-5-4-6-8-11/h2-4H,1H3,(H,14,16);4-8H2,1-3H3. The largest absolute Gasteiger partial charge is 0.444 e. The SMILES string of the molecule is CC(C)(C)OC(=O)N1CCCCC1.Cn1c(=O)[nH]c2c3nc(Cl)ccc3ncc21. The second-order valence-corrected chi connectivity index (χ2v) is 8.42. The third-order valence-electron chi connectivity index (χ3n) is 4.56. The van der Waals surface area contributed by atoms with Gasteiger partial charge in [0.05, 0.1) is 22.7 Å². The summed E-state index contributed by atoms with van der Waals surface area (Å²) in [5.41, 5.74) is 2.15. The molecule has 4 rings (SSSR count). The zero-order valence-corrected chi connectivity index (χ0v) is 17.9. The summed E-state index contributed by atoms with van der Waals surface area (Å²) < 4.78 is 6.75. The molecule has 0 atom stereocenters. The normalized spacial score (nSPS) is 14.6. The van der Waals surface area contributed by atoms with E-state index >= 15 is 0 Å². The first kappa shape index (κ1) is 21.1. The molecule has 29 heavy (non-hydrogen) atoms. The Balaban J connectivity index is 0.000000170. The lowest BCUT2D eigenvalue weighted by Gasteiger charge is -2.29. The van der Waals surface area contributed by atoms with Crippen molar-refractivity contribution in [2.75, 3.05) is 13.1 Å². The second-order valence-electron chi connectivity index (χ2n) is 8.04. The molecule has 3 aromatic heterocycles. The van der Waals surface area contributed by atoms with Gasteiger partial charge in [-0.25, -0.2) is 14.6 Å². The number of amides is 1. The van der Waals surface area contributed by atoms with Crippen LogP contribution in [0.15, 0.2) is 23.1 Å². The third kappa shape index (κ3) is 5.06. The molecule has 8 nitrogen and oxygen atoms in total. The Morgan fingerprint density at radius 1 is 1.21 bits per heavy atom. The molecule has 9 heteroatoms. The van der Waals surface area contributed by atoms with Crippen LogP contribution in [-0.4, -0.2) is 49.2 Å². The predicted molar refractivity (Wildman–Crippen MR) is 113 cm³/mol. The smallest absolute Gasteiger partial charge is 0.410 e. The fraction of sp³-hybridized carbons (Fsp3) is 0.500. The number of aromatic amines is 1. The Bertz CT molecular complexity index is 1080. The van der Waals surface area contributed by atoms with E-state index < -0.39 is 0 Å². The summed E-state index contributed by atoms with van der Waals surface area (Å²) in [6.07, 6.45) is 4.94. The Labute approximate surface area is 173 Å². The summed E-state index contributed by atoms with van der Waals surface area (Å²) in [5, 5.41) is 0.381. The van der Waals surface area contributed by atoms with Gasteiger partial charge in [0.1, 0.15) is 16.3 Å². The van der Waals surface area contributed by atoms with Crippen LogP contribution in [0.5, 0.6) is 0 Å². The quantitative estimate of drug-likeness (QED) is 0.558. The molecule has 1 saturated heterocycles. The van der Waals surface area contributed by atoms with E-state index in [0.29, 0.717) is 27.2 Å². The second kappa shape index (κ2) is 8.41. The molecular formula is C20H26ClN5O3. The Morgan fingerprint density at radius 2 is 1.90 bits per heavy atom. The van der Waals surface area contributed by atoms with Crippen LogP contribution in [0.2, 0.25) is 5.15 Å². The van der Waals surface area contributed by atoms with E-state index in [9.17, 15) is 9.59 Å². The van der Waals surface area contributed by atoms with Crippen molar-refractivity contribution in [3.8, 4) is 0 Å². The summed E-state index contributed by atoms with van der Waals surface area (Å²) in [6.45, 7) is 7.41. The van der Waals surface area contributed by atoms with Crippen LogP contribution >= 0.6 is 11.6 Å². The minimum Gasteiger partial charge on any atom is -0.444 e. The van der Waals surface area contributed by atoms with E-state index in [1.54, 1.807) is 30.3 Å². The number of carbonyl (C=O) groups excluding carboxylic acids is 1. The maximum absolute atomic E-state index is 11.5. The molecule has 1 amide bonds. The maximum Gasteiger partial charge on any atom is 0.410 e. The lowest BCUT2D eigenvalue weighted by molar-refractivity contribution is 0.0216. The van der Waals surface area contributed by atoms with E-state index in [2.05, 4.69) is 15.0 Å². The summed E-state index contributed by atoms with van der Waals surface area (Å²) in [6, 6.07) is 3.44. The molecule has 4 heterocycles. The number of hydrogen-bond donors (Lipinski definition) is 1. The van der Waals surface area contributed by atoms with Crippen molar-refractivity contribution < 1.29 is 9.53 Å². The number of nitrogens with one attached hydrogen (secondary N) is 1. The Hall–Kier alpha value is -2.61. The molecule has 1 N–H and O–H groups in total. The van der Waals surface area contributed by atoms with Gasteiger partial charge in [-0.1, -0.05) is 11.6 Å². The van der Waals surface area contributed by atoms with E-state index in [1.807, 2.05) is 20.8 Å². The van der Waals surface area contributed by atoms with Crippen LogP contribution in [0.4, 0.5) is 4.79 Å². The van der Waals surface area contributed by atoms with Crippen molar-refractivity contribution >= 4 is 39.8 Å². The number of aromatic nitrogens is 4. The summed E-state index contributed by atoms with van der Waals surface area (Å²) >= 11 is 5.83. The zero-order chi connectivity index (χ0) is 21.2. The van der Waals surface area contributed by atoms with Crippen molar-refractivity contribution in [2.45, 2.75) is 45.6 Å². The van der Waals surface area contributed by atoms with Crippen molar-refractivity contribution in [3.63, 3.8) is 0 Å². The van der Waals surface area contributed by atoms with Gasteiger partial charge in [-0.3, -0.25) is 9.55 Å². The van der Waals surface area contributed by atoms with Gasteiger partial charge in [0.25, 0.3) is 0 Å². The van der Waals surface area contributed by atoms with Crippen molar-refractivity contribution in [1.29, 1.82) is 0 Å². The molecule has 3 aromatic rings. The van der Waals surface area contributed by atoms with Gasteiger partial charge in [-0.05, 0) is 52.2 Å². The molecule has 0 spiro atoms. The van der Waals surface area contributed by atoms with Crippen molar-refractivity contribution in [1.82, 2.24) is 24.4 Å². The van der Waals surface area contributed by atoms with Crippen LogP contribution < -0.4 is 5.69 Å². The van der Waals surface area contributed by atoms with Gasteiger partial charge in [0.15, 0.2) is 0 Å². The molecule has 1 fully saturated rings. The number of ether oxygens (including phenoxy) is 1. The highest BCUT2D eigenvalue weighted by Gasteiger charge is 2.22. The number of likely N-dealkylation sites (tertiary alicyclic amines) is 1. The number of nitrogens with zero attached hydrogens (tertiary/aromatic N) is 4. The summed E-state index contributed by atoms with van der Waals surface area (Å²) in [7, 11) is 1.68. The van der Waals surface area contributed by atoms with Crippen molar-refractivity contribution in [2.24, 2.45) is 7.05 Å². The highest BCUT2D eigenvalue weighted by Crippen LogP contribution is 2.20. The number of imidazole rings is 1. The first-order valence-corrected chi connectivity index (χ1v) is 10.0. The number of pyridine rings is 2. The van der Waals surface area contributed by atoms with E-state index in [-0.39, 0.29) is 17.4 Å². The summed E-state index contributed by atoms with van der Waals surface area (Å²) in [5.74, 6) is 0. The molecule has 156 valence electrons. The van der Waals surface area contributed by atoms with E-state index in [1.165, 1.54) is 11.0 Å². The van der Waals surface area contributed by atoms with Gasteiger partial charge < -0.3 is 14.6 Å². The lowest BCUT2D eigenvalue weighted by Crippen LogP contribution is -2.39. The van der Waals surface area contributed by atoms with Gasteiger partial charge in [0.2, 0.25) is 0 Å². The number of carbonyl (C=O) groups is 1. The fourth-order valence-corrected chi connectivity index (χ4v) is 3.26. The number of hydrogen-bond acceptors (Lipinski definition) is 5. The molecule has 0 aromatic carbocycles. The van der Waals surface area contributed by atoms with Crippen LogP contribution in [0.1, 0.15) is 40.0 Å². The first-order chi connectivity index (χ1) is 13.7. The minimum atomic E-state index is -0.367. The maximum atomic E-state index is 11.5. The molecule has 0 radical (unpaired) electrons. The Kier molecular flexibility index (Phi) is 6.12. The van der Waals surface area contributed by atoms with Crippen LogP contribution in [0.3, 0.4) is 0 Å². The molecule has 0 bridgehead atoms. The van der Waals surface area contributed by atoms with Gasteiger partial charge in [-0.2, -0.15) is 0 Å². The van der Waals surface area contributed by atoms with Crippen LogP contribution in [0.25, 0.3) is 22.1 Å². The molecule has 1 aliphatic rings. The van der Waals surface area contributed by atoms with Crippen LogP contribution in [0, 0.1) is 0 Å². The highest BCUT2D eigenvalue weighted by molar-refractivity contribution is 6.30. The van der Waals surface area contributed by atoms with Gasteiger partial charge >= 0.3 is 11.8 Å². The zero-order valence-electron chi connectivity index (χ0n) is 17.2. The van der Waals surface area contributed by atoms with E-state index in [0.717, 1.165) is 25.9 Å². The van der Waals surface area contributed by atoms with Crippen molar-refractivity contribution in [3.05, 3.63) is 34.0 Å². The van der Waals surface area contributed by atoms with Gasteiger partial charge in [-0.15, -0.1) is 0 Å². The minimum absolute atomic E-state index is 0.160. The topological polar surface area (TPSA) is 93.1 Å². The highest BCUT2D eigenvalue weighted by atomic mass is 35.5. The number of fused-ring (bicyclic) bond motifs is 3. The molecule has 0 saturated carbocycles. The Morgan fingerprint density at radius 3 is 2.55 bits per heavy atom. The monoisotopic (exact) mass is 419 g/mol. The number of piperidine rings is 1. The van der Waals surface area contributed by atoms with E-state index in [4.69, 9.17) is 16.3 Å².